The molecule has 9 heterocycles. The van der Waals surface area contributed by atoms with E-state index in [0.717, 1.165) is 101 Å². The SMILES string of the molecule is CC(/C=C1\SC(=S)N(CC(=O)O)C1=O)=C\c1ccccc1.NC(=O)[C@@H]1C[C@]2(NC(=O)NC2=O)c2cc(F)ccc2O1.O=C(O)CN1C(=O)c2cccc3cccc(c23)C1=O.O=C(O)Cn1cc(Cc2nc3c(F)c(F)cc(F)c3s2)c2ccccc21.O=C1CC2(C(=O)N1)C(=O)N(Cc1ccc(Br)cc1F)C(=O)c1ccc(F)cc12.O=C1NC(=O)C2(N1)c1cc(F)ccc1-c1ccc(F)cc12. The van der Waals surface area contributed by atoms with Crippen LogP contribution in [0.15, 0.2) is 215 Å². The molecular formula is C93H62BrF8N11O19S3. The second kappa shape index (κ2) is 37.4. The predicted octanol–water partition coefficient (Wildman–Crippen LogP) is 12.5. The van der Waals surface area contributed by atoms with Crippen molar-refractivity contribution < 1.29 is 127 Å². The van der Waals surface area contributed by atoms with E-state index in [4.69, 9.17) is 38.0 Å². The number of fused-ring (bicyclic) bond motifs is 11. The first-order chi connectivity index (χ1) is 64.2. The lowest BCUT2D eigenvalue weighted by atomic mass is 9.72. The Hall–Kier alpha value is -15.8. The number of thiocarbonyl (C=S) groups is 1. The first kappa shape index (κ1) is 93.8. The number of rotatable bonds is 13. The lowest BCUT2D eigenvalue weighted by Gasteiger charge is -2.37. The number of hydrogen-bond acceptors (Lipinski definition) is 20. The highest BCUT2D eigenvalue weighted by Crippen LogP contribution is 2.50. The van der Waals surface area contributed by atoms with Crippen LogP contribution >= 0.6 is 51.2 Å². The average molecular weight is 1970 g/mol. The minimum atomic E-state index is -2.05. The van der Waals surface area contributed by atoms with Crippen molar-refractivity contribution >= 4 is 183 Å². The molecule has 0 bridgehead atoms. The highest BCUT2D eigenvalue weighted by atomic mass is 79.9. The number of carbonyl (C=O) groups excluding carboxylic acids is 12. The van der Waals surface area contributed by atoms with E-state index in [1.807, 2.05) is 72.9 Å². The fraction of sp³-hybridized carbons (Fsp3) is 0.129. The minimum absolute atomic E-state index is 0.0341. The summed E-state index contributed by atoms with van der Waals surface area (Å²) in [7, 11) is 0. The number of thioether (sulfide) groups is 1. The molecular weight excluding hydrogens is 1900 g/mol. The number of aliphatic carboxylic acids is 3. The number of aromatic nitrogens is 2. The minimum Gasteiger partial charge on any atom is -0.480 e. The number of nitrogens with one attached hydrogen (secondary N) is 5. The lowest BCUT2D eigenvalue weighted by Crippen LogP contribution is -2.57. The summed E-state index contributed by atoms with van der Waals surface area (Å²) < 4.78 is 117. The molecule has 3 spiro atoms. The van der Waals surface area contributed by atoms with E-state index in [-0.39, 0.29) is 67.8 Å². The molecule has 7 aliphatic heterocycles. The zero-order chi connectivity index (χ0) is 96.9. The standard InChI is InChI=1S/C19H11BrF2N2O4.C18H11F3N2O2S.C15H8F2N2O2.C15H13NO3S2.C14H9NO4.C12H10FN3O4/c20-10-2-1-9(14(22)5-10)8-24-16(26)12-4-3-11(21)6-13(12)19(18(24)28)7-15(25)23-17(19)27;19-11-6-12(20)18-17(16(11)21)22-14(26-18)5-9-7-23(8-15(24)25)13-4-2-1-3-10(9)13;16-7-1-3-9-10-4-2-8(17)6-12(10)15(11(9)5-7)13(20)18-14(21)19-15;1-10(7-11-5-3-2-4-6-11)8-12-14(19)16(9-13(17)18)15(20)21-12;16-11(17)7-15-13(18)9-5-1-3-8-4-2-6-10(12(8)9)14(15)19;13-5-1-2-7-6(3-5)12(4-8(20-7)9(14)17)10(18)15-11(19)16-12/h1-6H,7-8H2,(H,23,25,27);1-4,6-7H,5,8H2,(H,24,25);1-6H,(H2,18,19,20,21);2-8H,9H2,1H3,(H,17,18);1-6H,7H2,(H,16,17);1-3,8H,4H2,(H2,14,17)(H2,15,16,18,19)/b;;;10-7+,12-8-;;/t;;;;;8-,12-/m.....0/s1. The largest absolute Gasteiger partial charge is 0.480 e. The lowest BCUT2D eigenvalue weighted by molar-refractivity contribution is -0.142. The molecule has 1 aliphatic carbocycles. The van der Waals surface area contributed by atoms with E-state index in [2.05, 4.69) is 42.2 Å². The number of halogens is 9. The summed E-state index contributed by atoms with van der Waals surface area (Å²) in [6.07, 6.45) is 3.81. The number of carboxylic acids is 3. The molecule has 10 N–H and O–H groups in total. The number of ether oxygens (including phenoxy) is 1. The Kier molecular flexibility index (Phi) is 26.0. The van der Waals surface area contributed by atoms with Gasteiger partial charge in [-0.05, 0) is 143 Å². The van der Waals surface area contributed by atoms with Crippen LogP contribution in [0.2, 0.25) is 0 Å². The van der Waals surface area contributed by atoms with Crippen molar-refractivity contribution in [3.8, 4) is 16.9 Å². The first-order valence-electron chi connectivity index (χ1n) is 39.8. The van der Waals surface area contributed by atoms with Crippen LogP contribution < -0.4 is 37.1 Å². The number of thiazole rings is 1. The van der Waals surface area contributed by atoms with E-state index in [1.54, 1.807) is 59.3 Å². The number of para-hydroxylation sites is 1. The van der Waals surface area contributed by atoms with Crippen molar-refractivity contribution in [1.82, 2.24) is 50.8 Å². The maximum absolute atomic E-state index is 14.3. The fourth-order valence-corrected chi connectivity index (χ4v) is 19.0. The highest BCUT2D eigenvalue weighted by molar-refractivity contribution is 9.10. The highest BCUT2D eigenvalue weighted by Gasteiger charge is 2.61. The Labute approximate surface area is 775 Å². The number of amides is 14. The van der Waals surface area contributed by atoms with Crippen molar-refractivity contribution in [2.75, 3.05) is 13.1 Å². The number of benzene rings is 10. The van der Waals surface area contributed by atoms with Gasteiger partial charge in [0.05, 0.1) is 27.6 Å². The summed E-state index contributed by atoms with van der Waals surface area (Å²) >= 11 is 10.2. The maximum atomic E-state index is 14.3. The van der Waals surface area contributed by atoms with Crippen LogP contribution in [-0.4, -0.2) is 152 Å². The Morgan fingerprint density at radius 2 is 1.14 bits per heavy atom. The number of carbonyl (C=O) groups is 15. The third-order valence-corrected chi connectivity index (χ3v) is 25.2. The van der Waals surface area contributed by atoms with Gasteiger partial charge in [-0.2, -0.15) is 0 Å². The van der Waals surface area contributed by atoms with Gasteiger partial charge in [-0.3, -0.25) is 93.0 Å². The zero-order valence-electron chi connectivity index (χ0n) is 69.0. The van der Waals surface area contributed by atoms with Gasteiger partial charge in [0, 0.05) is 84.8 Å². The maximum Gasteiger partial charge on any atom is 0.323 e. The number of urea groups is 2. The third-order valence-electron chi connectivity index (χ3n) is 22.2. The normalized spacial score (nSPS) is 18.1. The van der Waals surface area contributed by atoms with E-state index < -0.39 is 178 Å². The third kappa shape index (κ3) is 18.2. The van der Waals surface area contributed by atoms with Gasteiger partial charge in [0.1, 0.15) is 70.1 Å². The molecule has 135 heavy (non-hydrogen) atoms. The molecule has 4 fully saturated rings. The smallest absolute Gasteiger partial charge is 0.323 e. The Morgan fingerprint density at radius 3 is 1.72 bits per heavy atom. The van der Waals surface area contributed by atoms with E-state index in [9.17, 15) is 107 Å². The Balaban J connectivity index is 0.000000124. The van der Waals surface area contributed by atoms with Gasteiger partial charge in [0.15, 0.2) is 34.2 Å². The molecule has 20 rings (SSSR count). The van der Waals surface area contributed by atoms with Gasteiger partial charge in [-0.25, -0.2) is 49.7 Å². The van der Waals surface area contributed by atoms with Crippen molar-refractivity contribution in [2.45, 2.75) is 61.9 Å². The molecule has 0 radical (unpaired) electrons. The number of carboxylic acid groups (broad SMARTS) is 3. The molecule has 42 heteroatoms. The monoisotopic (exact) mass is 1960 g/mol. The molecule has 2 aromatic heterocycles. The summed E-state index contributed by atoms with van der Waals surface area (Å²) in [6, 6.07) is 45.1. The number of hydrogen-bond donors (Lipinski definition) is 9. The molecule has 4 saturated heterocycles. The molecule has 0 saturated carbocycles. The van der Waals surface area contributed by atoms with Crippen LogP contribution in [0.4, 0.5) is 44.7 Å². The summed E-state index contributed by atoms with van der Waals surface area (Å²) in [4.78, 5) is 185. The quantitative estimate of drug-likeness (QED) is 0.00984. The van der Waals surface area contributed by atoms with Crippen molar-refractivity contribution in [2.24, 2.45) is 5.73 Å². The van der Waals surface area contributed by atoms with Crippen molar-refractivity contribution in [3.05, 3.63) is 322 Å². The number of allylic oxidation sites excluding steroid dienone is 2. The molecule has 30 nitrogen and oxygen atoms in total. The molecule has 684 valence electrons. The predicted molar refractivity (Wildman–Crippen MR) is 474 cm³/mol. The van der Waals surface area contributed by atoms with Gasteiger partial charge in [0.25, 0.3) is 47.3 Å². The molecule has 3 atom stereocenters. The van der Waals surface area contributed by atoms with Crippen LogP contribution in [0.1, 0.15) is 94.8 Å². The van der Waals surface area contributed by atoms with E-state index in [1.165, 1.54) is 54.6 Å². The Bertz CT molecular complexity index is 7200. The van der Waals surface area contributed by atoms with Crippen LogP contribution in [-0.2, 0) is 83.9 Å². The van der Waals surface area contributed by atoms with Gasteiger partial charge in [-0.15, -0.1) is 11.3 Å². The average Bonchev–Trinajstić information content (AvgIpc) is 1.46. The Morgan fingerprint density at radius 1 is 0.570 bits per heavy atom. The van der Waals surface area contributed by atoms with Crippen molar-refractivity contribution in [3.63, 3.8) is 0 Å². The summed E-state index contributed by atoms with van der Waals surface area (Å²) in [5.41, 5.74) is 5.74. The molecule has 1 unspecified atom stereocenters. The van der Waals surface area contributed by atoms with E-state index in [0.29, 0.717) is 59.2 Å². The van der Waals surface area contributed by atoms with Crippen LogP contribution in [0, 0.1) is 46.5 Å². The van der Waals surface area contributed by atoms with E-state index >= 15 is 0 Å². The van der Waals surface area contributed by atoms with Crippen LogP contribution in [0.5, 0.6) is 5.75 Å². The second-order valence-electron chi connectivity index (χ2n) is 30.9. The van der Waals surface area contributed by atoms with Crippen molar-refractivity contribution in [1.29, 1.82) is 0 Å². The number of nitrogens with two attached hydrogens (primary N) is 1. The van der Waals surface area contributed by atoms with Gasteiger partial charge < -0.3 is 41.0 Å². The number of imide groups is 5. The van der Waals surface area contributed by atoms with Crippen LogP contribution in [0.25, 0.3) is 49.1 Å². The summed E-state index contributed by atoms with van der Waals surface area (Å²) in [5.74, 6) is -16.4. The summed E-state index contributed by atoms with van der Waals surface area (Å²) in [5, 5.41) is 40.5. The zero-order valence-corrected chi connectivity index (χ0v) is 73.0. The first-order valence-corrected chi connectivity index (χ1v) is 42.6. The molecule has 12 aromatic rings. The number of primary amides is 1. The van der Waals surface area contributed by atoms with Gasteiger partial charge >= 0.3 is 30.0 Å². The van der Waals surface area contributed by atoms with Gasteiger partial charge in [0.2, 0.25) is 11.8 Å². The molecule has 14 amide bonds. The topological polar surface area (TPSA) is 440 Å². The van der Waals surface area contributed by atoms with Crippen LogP contribution in [0.3, 0.4) is 0 Å². The second-order valence-corrected chi connectivity index (χ2v) is 34.5. The number of nitrogens with zero attached hydrogens (tertiary/aromatic N) is 5. The molecule has 8 aliphatic rings. The molecule has 10 aromatic carbocycles. The van der Waals surface area contributed by atoms with Gasteiger partial charge in [-0.1, -0.05) is 137 Å². The fourth-order valence-electron chi connectivity index (χ4n) is 16.4. The summed E-state index contributed by atoms with van der Waals surface area (Å²) in [6.45, 7) is 0.230.